The Bertz CT molecular complexity index is 844. The van der Waals surface area contributed by atoms with E-state index in [0.29, 0.717) is 16.9 Å². The van der Waals surface area contributed by atoms with E-state index in [2.05, 4.69) is 30.3 Å². The van der Waals surface area contributed by atoms with E-state index in [1.807, 2.05) is 0 Å². The molecule has 27 heavy (non-hydrogen) atoms. The second-order valence-corrected chi connectivity index (χ2v) is 5.42. The molecule has 1 aromatic heterocycles. The number of esters is 2. The number of aromatic amines is 1. The average molecular weight is 373 g/mol. The van der Waals surface area contributed by atoms with Crippen molar-refractivity contribution in [2.24, 2.45) is 10.2 Å². The first-order valence-corrected chi connectivity index (χ1v) is 7.92. The van der Waals surface area contributed by atoms with E-state index in [0.717, 1.165) is 0 Å². The molecule has 1 atom stereocenters. The maximum absolute atomic E-state index is 11.8. The third-order valence-corrected chi connectivity index (χ3v) is 3.52. The Labute approximate surface area is 155 Å². The molecule has 0 unspecified atom stereocenters. The molecular weight excluding hydrogens is 354 g/mol. The average Bonchev–Trinajstić information content (AvgIpc) is 3.11. The van der Waals surface area contributed by atoms with Crippen LogP contribution in [0.1, 0.15) is 23.0 Å². The number of carbonyl (C=O) groups is 3. The van der Waals surface area contributed by atoms with Crippen LogP contribution in [0.2, 0.25) is 0 Å². The molecule has 0 spiro atoms. The number of carbonyl (C=O) groups excluding carboxylic acids is 3. The topological polar surface area (TPSA) is 135 Å². The lowest BCUT2D eigenvalue weighted by molar-refractivity contribution is -0.144. The van der Waals surface area contributed by atoms with Gasteiger partial charge in [0.15, 0.2) is 5.82 Å². The monoisotopic (exact) mass is 373 g/mol. The van der Waals surface area contributed by atoms with Crippen LogP contribution in [0.5, 0.6) is 0 Å². The fourth-order valence-electron chi connectivity index (χ4n) is 2.22. The molecule has 10 heteroatoms. The molecule has 0 aliphatic heterocycles. The van der Waals surface area contributed by atoms with Crippen LogP contribution in [0.3, 0.4) is 0 Å². The highest BCUT2D eigenvalue weighted by atomic mass is 16.5. The van der Waals surface area contributed by atoms with Crippen LogP contribution in [0.15, 0.2) is 40.8 Å². The number of benzene rings is 1. The van der Waals surface area contributed by atoms with Crippen LogP contribution < -0.4 is 5.32 Å². The maximum Gasteiger partial charge on any atom is 0.337 e. The summed E-state index contributed by atoms with van der Waals surface area (Å²) in [5.41, 5.74) is 1.41. The minimum absolute atomic E-state index is 0.113. The Morgan fingerprint density at radius 3 is 2.44 bits per heavy atom. The van der Waals surface area contributed by atoms with E-state index in [9.17, 15) is 14.4 Å². The first-order valence-electron chi connectivity index (χ1n) is 7.92. The van der Waals surface area contributed by atoms with Crippen molar-refractivity contribution in [2.75, 3.05) is 14.2 Å². The van der Waals surface area contributed by atoms with Crippen molar-refractivity contribution in [3.63, 3.8) is 0 Å². The Morgan fingerprint density at radius 1 is 1.15 bits per heavy atom. The number of imidazole rings is 1. The Hall–Kier alpha value is -3.56. The van der Waals surface area contributed by atoms with Gasteiger partial charge in [-0.3, -0.25) is 4.79 Å². The SMILES string of the molecule is COC(=O)c1ccc(N=Nc2nc[nH]c2C[C@H](NC(C)=O)C(=O)OC)cc1. The molecule has 10 nitrogen and oxygen atoms in total. The quantitative estimate of drug-likeness (QED) is 0.561. The van der Waals surface area contributed by atoms with Gasteiger partial charge in [0.05, 0.1) is 37.5 Å². The lowest BCUT2D eigenvalue weighted by Gasteiger charge is -2.14. The Morgan fingerprint density at radius 2 is 1.85 bits per heavy atom. The fraction of sp³-hybridized carbons (Fsp3) is 0.294. The molecule has 1 amide bonds. The highest BCUT2D eigenvalue weighted by Crippen LogP contribution is 2.21. The molecule has 0 aliphatic carbocycles. The molecule has 1 heterocycles. The van der Waals surface area contributed by atoms with E-state index in [1.54, 1.807) is 24.3 Å². The summed E-state index contributed by atoms with van der Waals surface area (Å²) >= 11 is 0. The van der Waals surface area contributed by atoms with Crippen molar-refractivity contribution < 1.29 is 23.9 Å². The third kappa shape index (κ3) is 5.46. The summed E-state index contributed by atoms with van der Waals surface area (Å²) in [7, 11) is 2.54. The molecule has 0 bridgehead atoms. The van der Waals surface area contributed by atoms with Gasteiger partial charge in [0.25, 0.3) is 0 Å². The zero-order valence-electron chi connectivity index (χ0n) is 15.1. The van der Waals surface area contributed by atoms with Crippen molar-refractivity contribution >= 4 is 29.4 Å². The zero-order chi connectivity index (χ0) is 19.8. The molecule has 0 saturated heterocycles. The second kappa shape index (κ2) is 9.22. The van der Waals surface area contributed by atoms with Gasteiger partial charge in [-0.2, -0.15) is 0 Å². The maximum atomic E-state index is 11.8. The van der Waals surface area contributed by atoms with Gasteiger partial charge in [0.1, 0.15) is 6.04 Å². The van der Waals surface area contributed by atoms with Crippen LogP contribution in [-0.4, -0.2) is 48.1 Å². The summed E-state index contributed by atoms with van der Waals surface area (Å²) in [6, 6.07) is 5.47. The first kappa shape index (κ1) is 19.8. The van der Waals surface area contributed by atoms with Gasteiger partial charge in [-0.25, -0.2) is 14.6 Å². The van der Waals surface area contributed by atoms with Crippen LogP contribution in [0, 0.1) is 0 Å². The molecule has 0 radical (unpaired) electrons. The highest BCUT2D eigenvalue weighted by molar-refractivity contribution is 5.89. The summed E-state index contributed by atoms with van der Waals surface area (Å²) in [5.74, 6) is -1.12. The highest BCUT2D eigenvalue weighted by Gasteiger charge is 2.23. The number of rotatable bonds is 7. The van der Waals surface area contributed by atoms with E-state index in [4.69, 9.17) is 4.74 Å². The van der Waals surface area contributed by atoms with Crippen molar-refractivity contribution in [3.8, 4) is 0 Å². The van der Waals surface area contributed by atoms with Crippen LogP contribution in [0.25, 0.3) is 0 Å². The molecule has 2 aromatic rings. The predicted molar refractivity (Wildman–Crippen MR) is 93.9 cm³/mol. The molecule has 2 N–H and O–H groups in total. The first-order chi connectivity index (χ1) is 12.9. The van der Waals surface area contributed by atoms with Crippen molar-refractivity contribution in [1.82, 2.24) is 15.3 Å². The second-order valence-electron chi connectivity index (χ2n) is 5.42. The van der Waals surface area contributed by atoms with E-state index >= 15 is 0 Å². The van der Waals surface area contributed by atoms with Crippen LogP contribution in [0.4, 0.5) is 11.5 Å². The fourth-order valence-corrected chi connectivity index (χ4v) is 2.22. The van der Waals surface area contributed by atoms with Gasteiger partial charge in [-0.1, -0.05) is 0 Å². The predicted octanol–water partition coefficient (Wildman–Crippen LogP) is 1.83. The van der Waals surface area contributed by atoms with E-state index < -0.39 is 18.0 Å². The number of hydrogen-bond acceptors (Lipinski definition) is 8. The number of ether oxygens (including phenoxy) is 2. The lowest BCUT2D eigenvalue weighted by Crippen LogP contribution is -2.42. The van der Waals surface area contributed by atoms with Gasteiger partial charge >= 0.3 is 11.9 Å². The van der Waals surface area contributed by atoms with Crippen molar-refractivity contribution in [2.45, 2.75) is 19.4 Å². The number of hydrogen-bond donors (Lipinski definition) is 2. The molecule has 2 rings (SSSR count). The van der Waals surface area contributed by atoms with Gasteiger partial charge < -0.3 is 19.8 Å². The minimum atomic E-state index is -0.874. The molecular formula is C17H19N5O5. The van der Waals surface area contributed by atoms with Crippen LogP contribution >= 0.6 is 0 Å². The Balaban J connectivity index is 2.13. The van der Waals surface area contributed by atoms with Gasteiger partial charge in [0.2, 0.25) is 5.91 Å². The van der Waals surface area contributed by atoms with Crippen molar-refractivity contribution in [1.29, 1.82) is 0 Å². The zero-order valence-corrected chi connectivity index (χ0v) is 15.1. The molecule has 0 saturated carbocycles. The summed E-state index contributed by atoms with van der Waals surface area (Å²) < 4.78 is 9.32. The summed E-state index contributed by atoms with van der Waals surface area (Å²) in [5, 5.41) is 10.6. The number of H-pyrrole nitrogens is 1. The van der Waals surface area contributed by atoms with Gasteiger partial charge in [-0.05, 0) is 24.3 Å². The largest absolute Gasteiger partial charge is 0.467 e. The number of methoxy groups -OCH3 is 2. The minimum Gasteiger partial charge on any atom is -0.467 e. The summed E-state index contributed by atoms with van der Waals surface area (Å²) in [6.45, 7) is 1.31. The number of azo groups is 1. The van der Waals surface area contributed by atoms with Crippen LogP contribution in [-0.2, 0) is 25.5 Å². The summed E-state index contributed by atoms with van der Waals surface area (Å²) in [6.07, 6.45) is 1.52. The number of amides is 1. The van der Waals surface area contributed by atoms with E-state index in [-0.39, 0.29) is 18.1 Å². The van der Waals surface area contributed by atoms with Gasteiger partial charge in [-0.15, -0.1) is 10.2 Å². The molecule has 1 aromatic carbocycles. The van der Waals surface area contributed by atoms with Gasteiger partial charge in [0, 0.05) is 13.3 Å². The smallest absolute Gasteiger partial charge is 0.337 e. The Kier molecular flexibility index (Phi) is 6.75. The lowest BCUT2D eigenvalue weighted by atomic mass is 10.1. The van der Waals surface area contributed by atoms with Crippen molar-refractivity contribution in [3.05, 3.63) is 41.9 Å². The summed E-state index contributed by atoms with van der Waals surface area (Å²) in [4.78, 5) is 41.4. The molecule has 0 aliphatic rings. The number of nitrogens with zero attached hydrogens (tertiary/aromatic N) is 3. The molecule has 0 fully saturated rings. The number of nitrogens with one attached hydrogen (secondary N) is 2. The number of aromatic nitrogens is 2. The normalized spacial score (nSPS) is 11.8. The van der Waals surface area contributed by atoms with E-state index in [1.165, 1.54) is 27.5 Å². The molecule has 142 valence electrons. The standard InChI is InChI=1S/C17H19N5O5/c1-10(23)20-14(17(25)27-3)8-13-15(19-9-18-13)22-21-12-6-4-11(5-7-12)16(24)26-2/h4-7,9,14H,8H2,1-3H3,(H,18,19)(H,20,23)/t14-/m0/s1. The third-order valence-electron chi connectivity index (χ3n) is 3.52.